The molecular weight excluding hydrogens is 311 g/mol. The maximum Gasteiger partial charge on any atom is 0.341 e. The maximum atomic E-state index is 14.0. The number of aryl methyl sites for hydroxylation is 1. The van der Waals surface area contributed by atoms with Crippen LogP contribution in [0.5, 0.6) is 0 Å². The van der Waals surface area contributed by atoms with Gasteiger partial charge in [0.05, 0.1) is 5.52 Å². The van der Waals surface area contributed by atoms with Gasteiger partial charge in [-0.05, 0) is 50.6 Å². The van der Waals surface area contributed by atoms with Crippen molar-refractivity contribution in [2.24, 2.45) is 0 Å². The third kappa shape index (κ3) is 2.82. The van der Waals surface area contributed by atoms with E-state index in [0.29, 0.717) is 17.6 Å². The molecule has 1 saturated heterocycles. The Morgan fingerprint density at radius 2 is 2.17 bits per heavy atom. The molecule has 2 heterocycles. The van der Waals surface area contributed by atoms with Crippen LogP contribution in [0, 0.1) is 12.7 Å². The number of benzene rings is 1. The summed E-state index contributed by atoms with van der Waals surface area (Å²) in [7, 11) is 0. The first-order valence-electron chi connectivity index (χ1n) is 8.23. The van der Waals surface area contributed by atoms with Gasteiger partial charge in [-0.1, -0.05) is 6.92 Å². The fourth-order valence-electron chi connectivity index (χ4n) is 3.57. The lowest BCUT2D eigenvalue weighted by Gasteiger charge is -2.25. The van der Waals surface area contributed by atoms with E-state index in [2.05, 4.69) is 11.8 Å². The second-order valence-electron chi connectivity index (χ2n) is 6.37. The van der Waals surface area contributed by atoms with E-state index in [1.165, 1.54) is 18.3 Å². The molecule has 0 radical (unpaired) electrons. The van der Waals surface area contributed by atoms with Crippen molar-refractivity contribution in [1.29, 1.82) is 0 Å². The van der Waals surface area contributed by atoms with E-state index in [1.807, 2.05) is 0 Å². The number of fused-ring (bicyclic) bond motifs is 1. The highest BCUT2D eigenvalue weighted by molar-refractivity contribution is 5.92. The highest BCUT2D eigenvalue weighted by Crippen LogP contribution is 2.22. The predicted molar refractivity (Wildman–Crippen MR) is 90.1 cm³/mol. The van der Waals surface area contributed by atoms with Crippen LogP contribution >= 0.6 is 0 Å². The second kappa shape index (κ2) is 6.36. The summed E-state index contributed by atoms with van der Waals surface area (Å²) in [6.07, 6.45) is 3.46. The molecule has 6 heteroatoms. The van der Waals surface area contributed by atoms with Gasteiger partial charge < -0.3 is 9.67 Å². The lowest BCUT2D eigenvalue weighted by molar-refractivity contribution is 0.0694. The van der Waals surface area contributed by atoms with Crippen LogP contribution in [-0.2, 0) is 6.54 Å². The molecule has 3 rings (SSSR count). The van der Waals surface area contributed by atoms with Crippen molar-refractivity contribution < 1.29 is 14.3 Å². The third-order valence-electron chi connectivity index (χ3n) is 4.90. The maximum absolute atomic E-state index is 14.0. The van der Waals surface area contributed by atoms with E-state index < -0.39 is 17.2 Å². The summed E-state index contributed by atoms with van der Waals surface area (Å²) in [5, 5.41) is 9.59. The van der Waals surface area contributed by atoms with Gasteiger partial charge in [-0.15, -0.1) is 0 Å². The number of aromatic nitrogens is 1. The summed E-state index contributed by atoms with van der Waals surface area (Å²) < 4.78 is 15.8. The monoisotopic (exact) mass is 332 g/mol. The quantitative estimate of drug-likeness (QED) is 0.935. The van der Waals surface area contributed by atoms with Gasteiger partial charge in [-0.2, -0.15) is 0 Å². The van der Waals surface area contributed by atoms with Crippen LogP contribution in [0.4, 0.5) is 4.39 Å². The zero-order valence-electron chi connectivity index (χ0n) is 13.9. The number of halogens is 1. The van der Waals surface area contributed by atoms with Crippen molar-refractivity contribution in [3.8, 4) is 0 Å². The molecule has 0 bridgehead atoms. The molecule has 0 amide bonds. The summed E-state index contributed by atoms with van der Waals surface area (Å²) in [5.74, 6) is -1.64. The van der Waals surface area contributed by atoms with Crippen molar-refractivity contribution in [1.82, 2.24) is 9.47 Å². The van der Waals surface area contributed by atoms with Gasteiger partial charge in [0.1, 0.15) is 11.4 Å². The van der Waals surface area contributed by atoms with Crippen molar-refractivity contribution in [3.05, 3.63) is 45.5 Å². The van der Waals surface area contributed by atoms with Gasteiger partial charge in [0.25, 0.3) is 0 Å². The molecule has 0 aliphatic carbocycles. The van der Waals surface area contributed by atoms with Crippen LogP contribution in [0.15, 0.2) is 23.1 Å². The molecule has 1 aliphatic heterocycles. The van der Waals surface area contributed by atoms with Gasteiger partial charge in [-0.3, -0.25) is 9.69 Å². The van der Waals surface area contributed by atoms with Crippen LogP contribution in [0.25, 0.3) is 10.9 Å². The van der Waals surface area contributed by atoms with Crippen LogP contribution in [0.1, 0.15) is 35.7 Å². The normalized spacial score (nSPS) is 18.4. The Morgan fingerprint density at radius 1 is 1.42 bits per heavy atom. The molecule has 1 N–H and O–H groups in total. The molecule has 0 saturated carbocycles. The highest BCUT2D eigenvalue weighted by Gasteiger charge is 2.25. The first-order chi connectivity index (χ1) is 11.4. The molecule has 128 valence electrons. The summed E-state index contributed by atoms with van der Waals surface area (Å²) in [4.78, 5) is 26.2. The molecule has 1 atom stereocenters. The standard InChI is InChI=1S/C18H21FN2O3/c1-3-20-6-4-5-12(20)9-21-10-14(18(23)24)17(22)13-7-11(2)15(19)8-16(13)21/h7-8,10,12H,3-6,9H2,1-2H3,(H,23,24). The summed E-state index contributed by atoms with van der Waals surface area (Å²) in [6.45, 7) is 6.14. The molecular formula is C18H21FN2O3. The number of carbonyl (C=O) groups is 1. The summed E-state index contributed by atoms with van der Waals surface area (Å²) >= 11 is 0. The Morgan fingerprint density at radius 3 is 2.83 bits per heavy atom. The van der Waals surface area contributed by atoms with E-state index in [-0.39, 0.29) is 17.0 Å². The first kappa shape index (κ1) is 16.6. The minimum atomic E-state index is -1.25. The lowest BCUT2D eigenvalue weighted by Crippen LogP contribution is -2.33. The minimum absolute atomic E-state index is 0.259. The number of carboxylic acids is 1. The Labute approximate surface area is 139 Å². The van der Waals surface area contributed by atoms with Crippen LogP contribution in [-0.4, -0.2) is 39.7 Å². The zero-order chi connectivity index (χ0) is 17.4. The molecule has 1 aliphatic rings. The fraction of sp³-hybridized carbons (Fsp3) is 0.444. The van der Waals surface area contributed by atoms with Gasteiger partial charge in [-0.25, -0.2) is 9.18 Å². The van der Waals surface area contributed by atoms with Gasteiger partial charge in [0, 0.05) is 24.2 Å². The molecule has 1 fully saturated rings. The van der Waals surface area contributed by atoms with Crippen molar-refractivity contribution in [2.45, 2.75) is 39.3 Å². The molecule has 24 heavy (non-hydrogen) atoms. The largest absolute Gasteiger partial charge is 0.477 e. The van der Waals surface area contributed by atoms with E-state index in [0.717, 1.165) is 25.9 Å². The number of rotatable bonds is 4. The van der Waals surface area contributed by atoms with Crippen molar-refractivity contribution in [2.75, 3.05) is 13.1 Å². The smallest absolute Gasteiger partial charge is 0.341 e. The molecule has 1 unspecified atom stereocenters. The first-order valence-corrected chi connectivity index (χ1v) is 8.23. The molecule has 2 aromatic rings. The van der Waals surface area contributed by atoms with Crippen LogP contribution < -0.4 is 5.43 Å². The second-order valence-corrected chi connectivity index (χ2v) is 6.37. The Kier molecular flexibility index (Phi) is 4.41. The number of nitrogens with zero attached hydrogens (tertiary/aromatic N) is 2. The number of likely N-dealkylation sites (N-methyl/N-ethyl adjacent to an activating group) is 1. The number of hydrogen-bond acceptors (Lipinski definition) is 3. The Balaban J connectivity index is 2.18. The number of carboxylic acid groups (broad SMARTS) is 1. The Bertz CT molecular complexity index is 859. The lowest BCUT2D eigenvalue weighted by atomic mass is 10.1. The number of likely N-dealkylation sites (tertiary alicyclic amines) is 1. The topological polar surface area (TPSA) is 62.5 Å². The van der Waals surface area contributed by atoms with Crippen LogP contribution in [0.3, 0.4) is 0 Å². The zero-order valence-corrected chi connectivity index (χ0v) is 13.9. The predicted octanol–water partition coefficient (Wildman–Crippen LogP) is 2.63. The van der Waals surface area contributed by atoms with E-state index in [9.17, 15) is 19.1 Å². The molecule has 0 spiro atoms. The molecule has 1 aromatic carbocycles. The number of hydrogen-bond donors (Lipinski definition) is 1. The minimum Gasteiger partial charge on any atom is -0.477 e. The molecule has 1 aromatic heterocycles. The SMILES string of the molecule is CCN1CCCC1Cn1cc(C(=O)O)c(=O)c2cc(C)c(F)cc21. The van der Waals surface area contributed by atoms with Gasteiger partial charge in [0.15, 0.2) is 0 Å². The number of pyridine rings is 1. The molecule has 5 nitrogen and oxygen atoms in total. The fourth-order valence-corrected chi connectivity index (χ4v) is 3.57. The number of aromatic carboxylic acids is 1. The van der Waals surface area contributed by atoms with Crippen LogP contribution in [0.2, 0.25) is 0 Å². The van der Waals surface area contributed by atoms with Crippen molar-refractivity contribution >= 4 is 16.9 Å². The highest BCUT2D eigenvalue weighted by atomic mass is 19.1. The summed E-state index contributed by atoms with van der Waals surface area (Å²) in [5.41, 5.74) is -0.0361. The van der Waals surface area contributed by atoms with E-state index >= 15 is 0 Å². The third-order valence-corrected chi connectivity index (χ3v) is 4.90. The van der Waals surface area contributed by atoms with E-state index in [4.69, 9.17) is 0 Å². The van der Waals surface area contributed by atoms with Crippen molar-refractivity contribution in [3.63, 3.8) is 0 Å². The van der Waals surface area contributed by atoms with Gasteiger partial charge in [0.2, 0.25) is 5.43 Å². The Hall–Kier alpha value is -2.21. The average molecular weight is 332 g/mol. The van der Waals surface area contributed by atoms with Gasteiger partial charge >= 0.3 is 5.97 Å². The average Bonchev–Trinajstić information content (AvgIpc) is 2.98. The summed E-state index contributed by atoms with van der Waals surface area (Å²) in [6, 6.07) is 3.05. The van der Waals surface area contributed by atoms with E-state index in [1.54, 1.807) is 11.5 Å².